The van der Waals surface area contributed by atoms with Gasteiger partial charge in [0.1, 0.15) is 0 Å². The van der Waals surface area contributed by atoms with Gasteiger partial charge in [-0.15, -0.1) is 0 Å². The van der Waals surface area contributed by atoms with Crippen LogP contribution < -0.4 is 10.5 Å². The number of sulfonamides is 1. The number of aliphatic hydroxyl groups is 1. The van der Waals surface area contributed by atoms with Gasteiger partial charge in [0.2, 0.25) is 10.0 Å². The SMILES string of the molecule is Cc1cc(N)c(C)c(S(=O)(=O)NC(C)(C)C(C)O)c1C. The molecule has 0 aliphatic heterocycles. The van der Waals surface area contributed by atoms with Crippen molar-refractivity contribution in [3.63, 3.8) is 0 Å². The number of aryl methyl sites for hydroxylation is 1. The van der Waals surface area contributed by atoms with Gasteiger partial charge in [0.05, 0.1) is 16.5 Å². The van der Waals surface area contributed by atoms with E-state index >= 15 is 0 Å². The molecule has 0 aromatic heterocycles. The van der Waals surface area contributed by atoms with Crippen LogP contribution in [0.25, 0.3) is 0 Å². The van der Waals surface area contributed by atoms with E-state index in [9.17, 15) is 13.5 Å². The van der Waals surface area contributed by atoms with E-state index in [0.717, 1.165) is 5.56 Å². The van der Waals surface area contributed by atoms with Crippen molar-refractivity contribution in [1.82, 2.24) is 4.72 Å². The normalized spacial score (nSPS) is 14.3. The molecule has 0 heterocycles. The Hall–Kier alpha value is -1.11. The van der Waals surface area contributed by atoms with Crippen LogP contribution in [0.2, 0.25) is 0 Å². The molecule has 0 fully saturated rings. The number of nitrogens with two attached hydrogens (primary N) is 1. The van der Waals surface area contributed by atoms with Crippen molar-refractivity contribution >= 4 is 15.7 Å². The van der Waals surface area contributed by atoms with Gasteiger partial charge < -0.3 is 10.8 Å². The van der Waals surface area contributed by atoms with E-state index < -0.39 is 21.7 Å². The summed E-state index contributed by atoms with van der Waals surface area (Å²) < 4.78 is 27.8. The van der Waals surface area contributed by atoms with Crippen LogP contribution in [-0.2, 0) is 10.0 Å². The molecular formula is C14H24N2O3S. The molecule has 0 radical (unpaired) electrons. The summed E-state index contributed by atoms with van der Waals surface area (Å²) in [5.41, 5.74) is 7.38. The highest BCUT2D eigenvalue weighted by Crippen LogP contribution is 2.29. The van der Waals surface area contributed by atoms with Crippen LogP contribution in [0.15, 0.2) is 11.0 Å². The van der Waals surface area contributed by atoms with Crippen molar-refractivity contribution in [3.8, 4) is 0 Å². The second kappa shape index (κ2) is 5.35. The van der Waals surface area contributed by atoms with E-state index in [0.29, 0.717) is 16.8 Å². The molecule has 6 heteroatoms. The Morgan fingerprint density at radius 3 is 2.20 bits per heavy atom. The molecule has 0 amide bonds. The van der Waals surface area contributed by atoms with Crippen LogP contribution in [0.5, 0.6) is 0 Å². The summed E-state index contributed by atoms with van der Waals surface area (Å²) in [4.78, 5) is 0.198. The third-order valence-corrected chi connectivity index (χ3v) is 5.73. The zero-order chi connectivity index (χ0) is 15.9. The third kappa shape index (κ3) is 3.13. The Balaban J connectivity index is 3.45. The molecule has 1 aromatic rings. The maximum Gasteiger partial charge on any atom is 0.241 e. The monoisotopic (exact) mass is 300 g/mol. The van der Waals surface area contributed by atoms with Gasteiger partial charge in [0, 0.05) is 5.69 Å². The summed E-state index contributed by atoms with van der Waals surface area (Å²) in [7, 11) is -3.76. The molecule has 1 rings (SSSR count). The average molecular weight is 300 g/mol. The van der Waals surface area contributed by atoms with Gasteiger partial charge in [-0.2, -0.15) is 0 Å². The van der Waals surface area contributed by atoms with Gasteiger partial charge >= 0.3 is 0 Å². The van der Waals surface area contributed by atoms with Crippen LogP contribution in [0.3, 0.4) is 0 Å². The first-order chi connectivity index (χ1) is 8.90. The van der Waals surface area contributed by atoms with Crippen molar-refractivity contribution < 1.29 is 13.5 Å². The predicted molar refractivity (Wildman–Crippen MR) is 81.1 cm³/mol. The summed E-state index contributed by atoms with van der Waals surface area (Å²) in [6.45, 7) is 10.1. The topological polar surface area (TPSA) is 92.4 Å². The minimum Gasteiger partial charge on any atom is -0.398 e. The fraction of sp³-hybridized carbons (Fsp3) is 0.571. The lowest BCUT2D eigenvalue weighted by atomic mass is 10.0. The largest absolute Gasteiger partial charge is 0.398 e. The highest BCUT2D eigenvalue weighted by molar-refractivity contribution is 7.89. The minimum absolute atomic E-state index is 0.198. The maximum absolute atomic E-state index is 12.6. The van der Waals surface area contributed by atoms with Crippen LogP contribution in [0.4, 0.5) is 5.69 Å². The standard InChI is InChI=1S/C14H24N2O3S/c1-8-7-12(15)10(3)13(9(8)2)20(18,19)16-14(5,6)11(4)17/h7,11,16-17H,15H2,1-6H3. The molecule has 0 bridgehead atoms. The summed E-state index contributed by atoms with van der Waals surface area (Å²) in [5.74, 6) is 0. The number of benzene rings is 1. The first-order valence-corrected chi connectivity index (χ1v) is 7.96. The van der Waals surface area contributed by atoms with E-state index in [1.807, 2.05) is 6.92 Å². The number of rotatable bonds is 4. The zero-order valence-electron chi connectivity index (χ0n) is 12.9. The van der Waals surface area contributed by atoms with Crippen LogP contribution in [-0.4, -0.2) is 25.2 Å². The second-order valence-corrected chi connectivity index (χ2v) is 7.48. The molecular weight excluding hydrogens is 276 g/mol. The first kappa shape index (κ1) is 16.9. The van der Waals surface area contributed by atoms with Crippen LogP contribution in [0.1, 0.15) is 37.5 Å². The van der Waals surface area contributed by atoms with Gasteiger partial charge in [0.25, 0.3) is 0 Å². The Bertz CT molecular complexity index is 594. The summed E-state index contributed by atoms with van der Waals surface area (Å²) in [6, 6.07) is 1.77. The maximum atomic E-state index is 12.6. The molecule has 5 nitrogen and oxygen atoms in total. The fourth-order valence-electron chi connectivity index (χ4n) is 1.93. The minimum atomic E-state index is -3.76. The van der Waals surface area contributed by atoms with E-state index in [-0.39, 0.29) is 4.90 Å². The second-order valence-electron chi connectivity index (χ2n) is 5.86. The van der Waals surface area contributed by atoms with Crippen LogP contribution >= 0.6 is 0 Å². The average Bonchev–Trinajstić information content (AvgIpc) is 2.24. The van der Waals surface area contributed by atoms with Gasteiger partial charge in [-0.3, -0.25) is 0 Å². The summed E-state index contributed by atoms with van der Waals surface area (Å²) in [6.07, 6.45) is -0.819. The number of hydrogen-bond acceptors (Lipinski definition) is 4. The van der Waals surface area contributed by atoms with E-state index in [1.54, 1.807) is 40.7 Å². The molecule has 0 saturated carbocycles. The lowest BCUT2D eigenvalue weighted by Crippen LogP contribution is -2.51. The Labute approximate surface area is 121 Å². The predicted octanol–water partition coefficient (Wildman–Crippen LogP) is 1.63. The highest BCUT2D eigenvalue weighted by Gasteiger charge is 2.32. The molecule has 1 unspecified atom stereocenters. The van der Waals surface area contributed by atoms with Crippen molar-refractivity contribution in [2.24, 2.45) is 0 Å². The quantitative estimate of drug-likeness (QED) is 0.737. The molecule has 0 spiro atoms. The molecule has 0 aliphatic rings. The smallest absolute Gasteiger partial charge is 0.241 e. The van der Waals surface area contributed by atoms with E-state index in [2.05, 4.69) is 4.72 Å². The fourth-order valence-corrected chi connectivity index (χ4v) is 3.98. The molecule has 0 saturated heterocycles. The van der Waals surface area contributed by atoms with Gasteiger partial charge in [-0.05, 0) is 64.3 Å². The van der Waals surface area contributed by atoms with Crippen molar-refractivity contribution in [2.75, 3.05) is 5.73 Å². The van der Waals surface area contributed by atoms with Gasteiger partial charge in [-0.25, -0.2) is 13.1 Å². The Morgan fingerprint density at radius 1 is 1.25 bits per heavy atom. The number of hydrogen-bond donors (Lipinski definition) is 3. The van der Waals surface area contributed by atoms with E-state index in [1.165, 1.54) is 0 Å². The number of anilines is 1. The van der Waals surface area contributed by atoms with Crippen molar-refractivity contribution in [1.29, 1.82) is 0 Å². The molecule has 0 aliphatic carbocycles. The van der Waals surface area contributed by atoms with E-state index in [4.69, 9.17) is 5.73 Å². The first-order valence-electron chi connectivity index (χ1n) is 6.48. The van der Waals surface area contributed by atoms with Crippen LogP contribution in [0, 0.1) is 20.8 Å². The molecule has 20 heavy (non-hydrogen) atoms. The number of nitrogen functional groups attached to an aromatic ring is 1. The van der Waals surface area contributed by atoms with Crippen molar-refractivity contribution in [2.45, 2.75) is 58.1 Å². The Morgan fingerprint density at radius 2 is 1.75 bits per heavy atom. The third-order valence-electron chi connectivity index (χ3n) is 3.79. The molecule has 4 N–H and O–H groups in total. The highest BCUT2D eigenvalue weighted by atomic mass is 32.2. The molecule has 1 aromatic carbocycles. The molecule has 1 atom stereocenters. The van der Waals surface area contributed by atoms with Gasteiger partial charge in [-0.1, -0.05) is 0 Å². The lowest BCUT2D eigenvalue weighted by molar-refractivity contribution is 0.111. The molecule has 114 valence electrons. The lowest BCUT2D eigenvalue weighted by Gasteiger charge is -2.30. The summed E-state index contributed by atoms with van der Waals surface area (Å²) >= 11 is 0. The Kier molecular flexibility index (Phi) is 4.53. The number of aliphatic hydroxyl groups excluding tert-OH is 1. The number of nitrogens with one attached hydrogen (secondary N) is 1. The van der Waals surface area contributed by atoms with Gasteiger partial charge in [0.15, 0.2) is 0 Å². The zero-order valence-corrected chi connectivity index (χ0v) is 13.7. The van der Waals surface area contributed by atoms with Crippen molar-refractivity contribution in [3.05, 3.63) is 22.8 Å². The summed E-state index contributed by atoms with van der Waals surface area (Å²) in [5, 5.41) is 9.69.